The van der Waals surface area contributed by atoms with Crippen molar-refractivity contribution >= 4 is 9.84 Å². The van der Waals surface area contributed by atoms with Gasteiger partial charge in [-0.05, 0) is 0 Å². The van der Waals surface area contributed by atoms with E-state index in [1.165, 1.54) is 24.3 Å². The van der Waals surface area contributed by atoms with E-state index >= 15 is 0 Å². The van der Waals surface area contributed by atoms with Crippen LogP contribution in [0, 0.1) is 20.8 Å². The second-order valence-electron chi connectivity index (χ2n) is 2.68. The number of nitrogens with zero attached hydrogens (tertiary/aromatic N) is 2. The third-order valence-electron chi connectivity index (χ3n) is 1.70. The van der Waals surface area contributed by atoms with E-state index in [9.17, 15) is 18.5 Å². The van der Waals surface area contributed by atoms with Crippen LogP contribution in [0.5, 0.6) is 0 Å². The first-order valence-corrected chi connectivity index (χ1v) is 5.37. The lowest BCUT2D eigenvalue weighted by molar-refractivity contribution is -0.502. The molecular weight excluding hydrogens is 220 g/mol. The molecule has 0 saturated carbocycles. The average molecular weight is 226 g/mol. The number of thiocyanates is 1. The molecule has 15 heavy (non-hydrogen) atoms. The standard InChI is InChI=1S/C8H6N2O4S/c9-6-15(13,14)8(10(11)12)7-4-2-1-3-5-7/h1-5,8H. The topological polar surface area (TPSA) is 101 Å². The van der Waals surface area contributed by atoms with Gasteiger partial charge in [0, 0.05) is 10.5 Å². The molecule has 1 aromatic carbocycles. The molecule has 0 radical (unpaired) electrons. The monoisotopic (exact) mass is 226 g/mol. The van der Waals surface area contributed by atoms with E-state index in [0.29, 0.717) is 0 Å². The first kappa shape index (κ1) is 11.1. The highest BCUT2D eigenvalue weighted by molar-refractivity contribution is 7.95. The molecule has 0 aliphatic heterocycles. The van der Waals surface area contributed by atoms with Crippen LogP contribution in [0.25, 0.3) is 0 Å². The summed E-state index contributed by atoms with van der Waals surface area (Å²) in [5.74, 6) is 0. The van der Waals surface area contributed by atoms with Gasteiger partial charge in [0.05, 0.1) is 0 Å². The maximum Gasteiger partial charge on any atom is 0.348 e. The molecule has 0 heterocycles. The van der Waals surface area contributed by atoms with Gasteiger partial charge >= 0.3 is 15.2 Å². The molecule has 0 saturated heterocycles. The fourth-order valence-electron chi connectivity index (χ4n) is 1.08. The number of rotatable bonds is 3. The highest BCUT2D eigenvalue weighted by atomic mass is 32.2. The Morgan fingerprint density at radius 3 is 2.27 bits per heavy atom. The second kappa shape index (κ2) is 4.06. The highest BCUT2D eigenvalue weighted by Gasteiger charge is 2.37. The molecule has 1 atom stereocenters. The van der Waals surface area contributed by atoms with Gasteiger partial charge in [0.15, 0.2) is 0 Å². The Labute approximate surface area is 85.8 Å². The van der Waals surface area contributed by atoms with Crippen LogP contribution in [0.4, 0.5) is 0 Å². The van der Waals surface area contributed by atoms with Crippen LogP contribution in [0.3, 0.4) is 0 Å². The Morgan fingerprint density at radius 1 is 1.33 bits per heavy atom. The van der Waals surface area contributed by atoms with Gasteiger partial charge in [-0.2, -0.15) is 5.26 Å². The minimum atomic E-state index is -4.41. The molecule has 0 N–H and O–H groups in total. The Morgan fingerprint density at radius 2 is 1.87 bits per heavy atom. The molecule has 0 fully saturated rings. The zero-order valence-electron chi connectivity index (χ0n) is 7.40. The van der Waals surface area contributed by atoms with E-state index in [1.54, 1.807) is 6.07 Å². The van der Waals surface area contributed by atoms with Crippen LogP contribution >= 0.6 is 0 Å². The smallest absolute Gasteiger partial charge is 0.263 e. The fraction of sp³-hybridized carbons (Fsp3) is 0.125. The van der Waals surface area contributed by atoms with Gasteiger partial charge in [0.2, 0.25) is 5.40 Å². The van der Waals surface area contributed by atoms with Crippen molar-refractivity contribution in [2.24, 2.45) is 0 Å². The third kappa shape index (κ3) is 2.30. The van der Waals surface area contributed by atoms with Gasteiger partial charge in [0.25, 0.3) is 0 Å². The van der Waals surface area contributed by atoms with Gasteiger partial charge < -0.3 is 0 Å². The lowest BCUT2D eigenvalue weighted by Gasteiger charge is -2.04. The van der Waals surface area contributed by atoms with E-state index < -0.39 is 20.1 Å². The number of nitriles is 1. The van der Waals surface area contributed by atoms with Crippen LogP contribution in [0.1, 0.15) is 10.9 Å². The summed E-state index contributed by atoms with van der Waals surface area (Å²) in [6.07, 6.45) is 0. The number of hydrogen-bond donors (Lipinski definition) is 0. The van der Waals surface area contributed by atoms with Crippen molar-refractivity contribution in [3.05, 3.63) is 46.0 Å². The second-order valence-corrected chi connectivity index (χ2v) is 4.40. The van der Waals surface area contributed by atoms with Crippen LogP contribution in [0.2, 0.25) is 0 Å². The van der Waals surface area contributed by atoms with Crippen molar-refractivity contribution in [2.45, 2.75) is 5.37 Å². The molecule has 0 aliphatic carbocycles. The summed E-state index contributed by atoms with van der Waals surface area (Å²) in [6.45, 7) is 0. The predicted molar refractivity (Wildman–Crippen MR) is 50.7 cm³/mol. The quantitative estimate of drug-likeness (QED) is 0.329. The number of sulfone groups is 1. The normalized spacial score (nSPS) is 12.7. The average Bonchev–Trinajstić information content (AvgIpc) is 2.18. The fourth-order valence-corrected chi connectivity index (χ4v) is 1.92. The maximum atomic E-state index is 11.1. The van der Waals surface area contributed by atoms with E-state index in [2.05, 4.69) is 0 Å². The minimum Gasteiger partial charge on any atom is -0.263 e. The molecule has 0 aromatic heterocycles. The number of nitro groups is 1. The first-order valence-electron chi connectivity index (χ1n) is 3.82. The van der Waals surface area contributed by atoms with Crippen molar-refractivity contribution in [2.75, 3.05) is 0 Å². The minimum absolute atomic E-state index is 0.0240. The van der Waals surface area contributed by atoms with Crippen LogP contribution in [0.15, 0.2) is 30.3 Å². The van der Waals surface area contributed by atoms with Crippen LogP contribution in [-0.4, -0.2) is 13.3 Å². The first-order chi connectivity index (χ1) is 6.99. The molecule has 0 aliphatic rings. The molecule has 0 bridgehead atoms. The molecule has 1 rings (SSSR count). The SMILES string of the molecule is N#CS(=O)(=O)C(c1ccccc1)[N+](=O)[O-]. The van der Waals surface area contributed by atoms with E-state index in [4.69, 9.17) is 5.26 Å². The van der Waals surface area contributed by atoms with Crippen molar-refractivity contribution in [3.8, 4) is 5.40 Å². The predicted octanol–water partition coefficient (Wildman–Crippen LogP) is 0.858. The van der Waals surface area contributed by atoms with Gasteiger partial charge in [0.1, 0.15) is 0 Å². The molecule has 7 heteroatoms. The zero-order chi connectivity index (χ0) is 11.5. The Kier molecular flexibility index (Phi) is 3.01. The van der Waals surface area contributed by atoms with Crippen LogP contribution in [-0.2, 0) is 9.84 Å². The Balaban J connectivity index is 3.30. The summed E-state index contributed by atoms with van der Waals surface area (Å²) in [7, 11) is -4.41. The summed E-state index contributed by atoms with van der Waals surface area (Å²) in [4.78, 5) is 9.59. The summed E-state index contributed by atoms with van der Waals surface area (Å²) >= 11 is 0. The summed E-state index contributed by atoms with van der Waals surface area (Å²) < 4.78 is 22.3. The summed E-state index contributed by atoms with van der Waals surface area (Å²) in [5, 5.41) is 17.9. The van der Waals surface area contributed by atoms with Crippen LogP contribution < -0.4 is 0 Å². The van der Waals surface area contributed by atoms with Gasteiger partial charge in [-0.15, -0.1) is 0 Å². The van der Waals surface area contributed by atoms with Crippen molar-refractivity contribution in [3.63, 3.8) is 0 Å². The van der Waals surface area contributed by atoms with Crippen molar-refractivity contribution in [1.82, 2.24) is 0 Å². The molecule has 1 aromatic rings. The van der Waals surface area contributed by atoms with E-state index in [-0.39, 0.29) is 5.56 Å². The molecule has 1 unspecified atom stereocenters. The van der Waals surface area contributed by atoms with Gasteiger partial charge in [-0.3, -0.25) is 10.1 Å². The van der Waals surface area contributed by atoms with Crippen molar-refractivity contribution in [1.29, 1.82) is 5.26 Å². The molecule has 6 nitrogen and oxygen atoms in total. The third-order valence-corrected chi connectivity index (χ3v) is 2.98. The molecule has 78 valence electrons. The lowest BCUT2D eigenvalue weighted by atomic mass is 10.2. The van der Waals surface area contributed by atoms with Gasteiger partial charge in [-0.25, -0.2) is 8.42 Å². The van der Waals surface area contributed by atoms with Gasteiger partial charge in [-0.1, -0.05) is 30.3 Å². The molecule has 0 spiro atoms. The largest absolute Gasteiger partial charge is 0.348 e. The van der Waals surface area contributed by atoms with Crippen molar-refractivity contribution < 1.29 is 13.3 Å². The lowest BCUT2D eigenvalue weighted by Crippen LogP contribution is -2.19. The molecular formula is C8H6N2O4S. The zero-order valence-corrected chi connectivity index (χ0v) is 8.22. The highest BCUT2D eigenvalue weighted by Crippen LogP contribution is 2.22. The number of benzene rings is 1. The Bertz CT molecular complexity index is 503. The number of hydrogen-bond acceptors (Lipinski definition) is 5. The molecule has 0 amide bonds. The summed E-state index contributed by atoms with van der Waals surface area (Å²) in [6, 6.07) is 7.13. The van der Waals surface area contributed by atoms with E-state index in [0.717, 1.165) is 5.40 Å². The Hall–Kier alpha value is -1.94. The maximum absolute atomic E-state index is 11.1. The van der Waals surface area contributed by atoms with E-state index in [1.807, 2.05) is 0 Å². The summed E-state index contributed by atoms with van der Waals surface area (Å²) in [5.41, 5.74) is -0.0240.